The highest BCUT2D eigenvalue weighted by Gasteiger charge is 2.50. The minimum absolute atomic E-state index is 0.211. The van der Waals surface area contributed by atoms with Crippen LogP contribution in [0.3, 0.4) is 0 Å². The predicted molar refractivity (Wildman–Crippen MR) is 162 cm³/mol. The van der Waals surface area contributed by atoms with Gasteiger partial charge in [-0.25, -0.2) is 4.79 Å². The SMILES string of the molecule is C=C1/C(=C\C=C2/CCC[C@]3(C)[C@@H]([C@H](C)CCCC(C)(C)O)CC[C@@H]23)C[C@@H](O)CC1NC(=O)OCc1ccccc1. The van der Waals surface area contributed by atoms with Crippen molar-refractivity contribution in [3.63, 3.8) is 0 Å². The van der Waals surface area contributed by atoms with Gasteiger partial charge in [-0.15, -0.1) is 0 Å². The van der Waals surface area contributed by atoms with Crippen molar-refractivity contribution in [2.24, 2.45) is 23.2 Å². The normalized spacial score (nSPS) is 31.7. The summed E-state index contributed by atoms with van der Waals surface area (Å²) in [7, 11) is 0. The number of benzene rings is 1. The van der Waals surface area contributed by atoms with Crippen LogP contribution in [0.1, 0.15) is 97.5 Å². The van der Waals surface area contributed by atoms with Gasteiger partial charge in [-0.3, -0.25) is 0 Å². The Balaban J connectivity index is 1.39. The van der Waals surface area contributed by atoms with Gasteiger partial charge < -0.3 is 20.3 Å². The first-order valence-corrected chi connectivity index (χ1v) is 15.4. The predicted octanol–water partition coefficient (Wildman–Crippen LogP) is 7.64. The highest BCUT2D eigenvalue weighted by Crippen LogP contribution is 2.60. The molecular formula is C35H51NO4. The summed E-state index contributed by atoms with van der Waals surface area (Å²) >= 11 is 0. The first kappa shape index (κ1) is 30.6. The van der Waals surface area contributed by atoms with E-state index in [0.717, 1.165) is 41.9 Å². The van der Waals surface area contributed by atoms with Gasteiger partial charge in [0.15, 0.2) is 0 Å². The van der Waals surface area contributed by atoms with E-state index in [9.17, 15) is 15.0 Å². The maximum atomic E-state index is 12.5. The van der Waals surface area contributed by atoms with E-state index < -0.39 is 17.8 Å². The molecule has 3 aliphatic rings. The number of aliphatic hydroxyl groups excluding tert-OH is 1. The lowest BCUT2D eigenvalue weighted by Crippen LogP contribution is -2.42. The van der Waals surface area contributed by atoms with Crippen LogP contribution in [-0.2, 0) is 11.3 Å². The fraction of sp³-hybridized carbons (Fsp3) is 0.629. The molecule has 220 valence electrons. The Morgan fingerprint density at radius 2 is 2.00 bits per heavy atom. The smallest absolute Gasteiger partial charge is 0.407 e. The van der Waals surface area contributed by atoms with Crippen molar-refractivity contribution in [3.05, 3.63) is 71.3 Å². The number of rotatable bonds is 9. The standard InChI is InChI=1S/C35H51NO4/c1-24(11-9-19-34(3,4)39)30-17-18-31-27(14-10-20-35(30,31)5)15-16-28-21-29(37)22-32(25(28)2)36-33(38)40-23-26-12-7-6-8-13-26/h6-8,12-13,15-16,24,29-32,37,39H,2,9-11,14,17-23H2,1,3-5H3,(H,36,38)/b27-15+,28-16-/t24-,29-,30-,31+,32?,35-/m1/s1. The summed E-state index contributed by atoms with van der Waals surface area (Å²) in [5, 5.41) is 23.7. The first-order valence-electron chi connectivity index (χ1n) is 15.4. The van der Waals surface area contributed by atoms with E-state index in [-0.39, 0.29) is 12.6 Å². The van der Waals surface area contributed by atoms with Gasteiger partial charge in [0.05, 0.1) is 17.7 Å². The average molecular weight is 550 g/mol. The maximum absolute atomic E-state index is 12.5. The van der Waals surface area contributed by atoms with Gasteiger partial charge in [-0.2, -0.15) is 0 Å². The minimum atomic E-state index is -0.580. The monoisotopic (exact) mass is 549 g/mol. The molecule has 1 aromatic rings. The minimum Gasteiger partial charge on any atom is -0.445 e. The molecule has 0 aliphatic heterocycles. The average Bonchev–Trinajstić information content (AvgIpc) is 3.26. The number of carbonyl (C=O) groups is 1. The third-order valence-electron chi connectivity index (χ3n) is 9.97. The van der Waals surface area contributed by atoms with E-state index in [1.165, 1.54) is 37.7 Å². The van der Waals surface area contributed by atoms with E-state index in [0.29, 0.717) is 30.1 Å². The molecule has 1 unspecified atom stereocenters. The molecule has 4 rings (SSSR count). The molecule has 1 aromatic carbocycles. The number of ether oxygens (including phenoxy) is 1. The lowest BCUT2D eigenvalue weighted by Gasteiger charge is -2.44. The molecule has 3 N–H and O–H groups in total. The molecule has 5 heteroatoms. The van der Waals surface area contributed by atoms with Gasteiger partial charge in [0.2, 0.25) is 0 Å². The number of aliphatic hydroxyl groups is 2. The van der Waals surface area contributed by atoms with Crippen LogP contribution in [0.4, 0.5) is 4.79 Å². The Labute approximate surface area is 241 Å². The fourth-order valence-corrected chi connectivity index (χ4v) is 7.81. The summed E-state index contributed by atoms with van der Waals surface area (Å²) in [6.45, 7) is 13.3. The van der Waals surface area contributed by atoms with Crippen LogP contribution in [0.5, 0.6) is 0 Å². The summed E-state index contributed by atoms with van der Waals surface area (Å²) < 4.78 is 5.42. The molecule has 0 saturated heterocycles. The Bertz CT molecular complexity index is 1080. The Kier molecular flexibility index (Phi) is 10.00. The van der Waals surface area contributed by atoms with Crippen molar-refractivity contribution < 1.29 is 19.7 Å². The van der Waals surface area contributed by atoms with Crippen LogP contribution in [0.25, 0.3) is 0 Å². The lowest BCUT2D eigenvalue weighted by atomic mass is 9.60. The second-order valence-corrected chi connectivity index (χ2v) is 13.6. The summed E-state index contributed by atoms with van der Waals surface area (Å²) in [5.41, 5.74) is 4.09. The molecule has 3 aliphatic carbocycles. The van der Waals surface area contributed by atoms with Crippen molar-refractivity contribution in [2.45, 2.75) is 116 Å². The van der Waals surface area contributed by atoms with Gasteiger partial charge >= 0.3 is 6.09 Å². The maximum Gasteiger partial charge on any atom is 0.407 e. The van der Waals surface area contributed by atoms with Crippen molar-refractivity contribution in [1.82, 2.24) is 5.32 Å². The first-order chi connectivity index (χ1) is 19.0. The van der Waals surface area contributed by atoms with Crippen LogP contribution >= 0.6 is 0 Å². The number of alkyl carbamates (subject to hydrolysis) is 1. The van der Waals surface area contributed by atoms with Crippen LogP contribution in [0.2, 0.25) is 0 Å². The number of allylic oxidation sites excluding steroid dienone is 3. The molecule has 40 heavy (non-hydrogen) atoms. The molecule has 3 saturated carbocycles. The number of carbonyl (C=O) groups excluding carboxylic acids is 1. The fourth-order valence-electron chi connectivity index (χ4n) is 7.81. The van der Waals surface area contributed by atoms with Gasteiger partial charge in [0.1, 0.15) is 6.61 Å². The topological polar surface area (TPSA) is 78.8 Å². The Morgan fingerprint density at radius 3 is 2.73 bits per heavy atom. The lowest BCUT2D eigenvalue weighted by molar-refractivity contribution is 0.0596. The van der Waals surface area contributed by atoms with Gasteiger partial charge in [0.25, 0.3) is 0 Å². The molecule has 1 amide bonds. The summed E-state index contributed by atoms with van der Waals surface area (Å²) in [4.78, 5) is 12.5. The molecule has 3 fully saturated rings. The van der Waals surface area contributed by atoms with E-state index in [2.05, 4.69) is 37.9 Å². The van der Waals surface area contributed by atoms with Crippen LogP contribution < -0.4 is 5.32 Å². The summed E-state index contributed by atoms with van der Waals surface area (Å²) in [6.07, 6.45) is 13.7. The van der Waals surface area contributed by atoms with Crippen molar-refractivity contribution in [2.75, 3.05) is 0 Å². The zero-order chi connectivity index (χ0) is 28.9. The quantitative estimate of drug-likeness (QED) is 0.296. The van der Waals surface area contributed by atoms with E-state index >= 15 is 0 Å². The molecule has 0 heterocycles. The largest absolute Gasteiger partial charge is 0.445 e. The zero-order valence-corrected chi connectivity index (χ0v) is 25.1. The van der Waals surface area contributed by atoms with E-state index in [4.69, 9.17) is 4.74 Å². The van der Waals surface area contributed by atoms with Crippen molar-refractivity contribution in [3.8, 4) is 0 Å². The highest BCUT2D eigenvalue weighted by molar-refractivity contribution is 5.68. The molecule has 0 aromatic heterocycles. The van der Waals surface area contributed by atoms with Gasteiger partial charge in [-0.05, 0) is 105 Å². The third kappa shape index (κ3) is 7.67. The van der Waals surface area contributed by atoms with E-state index in [1.54, 1.807) is 0 Å². The van der Waals surface area contributed by atoms with Crippen molar-refractivity contribution >= 4 is 6.09 Å². The molecule has 0 bridgehead atoms. The van der Waals surface area contributed by atoms with E-state index in [1.807, 2.05) is 44.2 Å². The van der Waals surface area contributed by atoms with Crippen LogP contribution in [0.15, 0.2) is 65.8 Å². The summed E-state index contributed by atoms with van der Waals surface area (Å²) in [5.74, 6) is 1.98. The molecule has 0 radical (unpaired) electrons. The number of amides is 1. The zero-order valence-electron chi connectivity index (χ0n) is 25.1. The second kappa shape index (κ2) is 13.1. The number of hydrogen-bond donors (Lipinski definition) is 3. The molecule has 6 atom stereocenters. The molecule has 0 spiro atoms. The number of nitrogens with one attached hydrogen (secondary N) is 1. The van der Waals surface area contributed by atoms with Crippen LogP contribution in [-0.4, -0.2) is 34.1 Å². The molecule has 5 nitrogen and oxygen atoms in total. The van der Waals surface area contributed by atoms with Crippen molar-refractivity contribution in [1.29, 1.82) is 0 Å². The van der Waals surface area contributed by atoms with Gasteiger partial charge in [0, 0.05) is 0 Å². The molecular weight excluding hydrogens is 498 g/mol. The third-order valence-corrected chi connectivity index (χ3v) is 9.97. The Morgan fingerprint density at radius 1 is 1.25 bits per heavy atom. The van der Waals surface area contributed by atoms with Crippen LogP contribution in [0, 0.1) is 23.2 Å². The summed E-state index contributed by atoms with van der Waals surface area (Å²) in [6, 6.07) is 9.28. The number of hydrogen-bond acceptors (Lipinski definition) is 4. The second-order valence-electron chi connectivity index (χ2n) is 13.6. The number of fused-ring (bicyclic) bond motifs is 1. The van der Waals surface area contributed by atoms with Gasteiger partial charge in [-0.1, -0.05) is 81.3 Å². The Hall–Kier alpha value is -2.37. The highest BCUT2D eigenvalue weighted by atomic mass is 16.5.